The lowest BCUT2D eigenvalue weighted by molar-refractivity contribution is -0.122. The first-order valence-corrected chi connectivity index (χ1v) is 8.79. The molecule has 8 nitrogen and oxygen atoms in total. The van der Waals surface area contributed by atoms with E-state index in [2.05, 4.69) is 16.0 Å². The lowest BCUT2D eigenvalue weighted by Crippen LogP contribution is -2.43. The van der Waals surface area contributed by atoms with Crippen LogP contribution >= 0.6 is 0 Å². The molecule has 144 valence electrons. The van der Waals surface area contributed by atoms with Gasteiger partial charge in [0, 0.05) is 18.4 Å². The van der Waals surface area contributed by atoms with E-state index in [0.717, 1.165) is 0 Å². The maximum absolute atomic E-state index is 12.8. The lowest BCUT2D eigenvalue weighted by Gasteiger charge is -2.12. The maximum atomic E-state index is 12.8. The standard InChI is InChI=1S/C20H21N5O3/c1-24(2)13-12-17(26)21-22-19(27)18-15-10-6-7-11-16(15)20(28)25(23-18)14-8-4-3-5-9-14/h3-11H,12-13H2,1-2H3,(H,21,26)(H,22,27). The Morgan fingerprint density at radius 3 is 2.29 bits per heavy atom. The summed E-state index contributed by atoms with van der Waals surface area (Å²) >= 11 is 0. The van der Waals surface area contributed by atoms with Crippen LogP contribution in [-0.4, -0.2) is 47.1 Å². The number of rotatable bonds is 5. The summed E-state index contributed by atoms with van der Waals surface area (Å²) in [6.45, 7) is 0.557. The minimum absolute atomic E-state index is 0.0481. The van der Waals surface area contributed by atoms with Gasteiger partial charge in [-0.25, -0.2) is 0 Å². The molecule has 3 rings (SSSR count). The zero-order valence-corrected chi connectivity index (χ0v) is 15.7. The van der Waals surface area contributed by atoms with Crippen molar-refractivity contribution in [3.8, 4) is 5.69 Å². The lowest BCUT2D eigenvalue weighted by atomic mass is 10.1. The molecule has 0 bridgehead atoms. The van der Waals surface area contributed by atoms with Gasteiger partial charge in [0.05, 0.1) is 11.1 Å². The average Bonchev–Trinajstić information content (AvgIpc) is 2.71. The van der Waals surface area contributed by atoms with Gasteiger partial charge in [-0.1, -0.05) is 36.4 Å². The fourth-order valence-corrected chi connectivity index (χ4v) is 2.67. The van der Waals surface area contributed by atoms with E-state index in [1.54, 1.807) is 48.5 Å². The van der Waals surface area contributed by atoms with E-state index in [9.17, 15) is 14.4 Å². The first kappa shape index (κ1) is 19.2. The number of benzene rings is 2. The molecule has 0 aliphatic heterocycles. The van der Waals surface area contributed by atoms with E-state index in [-0.39, 0.29) is 23.6 Å². The van der Waals surface area contributed by atoms with Crippen LogP contribution in [0.2, 0.25) is 0 Å². The van der Waals surface area contributed by atoms with Crippen molar-refractivity contribution in [2.75, 3.05) is 20.6 Å². The van der Waals surface area contributed by atoms with E-state index in [4.69, 9.17) is 0 Å². The van der Waals surface area contributed by atoms with Crippen LogP contribution in [-0.2, 0) is 4.79 Å². The first-order valence-electron chi connectivity index (χ1n) is 8.79. The van der Waals surface area contributed by atoms with Crippen molar-refractivity contribution in [2.24, 2.45) is 0 Å². The van der Waals surface area contributed by atoms with E-state index < -0.39 is 5.91 Å². The molecule has 0 radical (unpaired) electrons. The highest BCUT2D eigenvalue weighted by atomic mass is 16.2. The second-order valence-electron chi connectivity index (χ2n) is 6.50. The molecule has 8 heteroatoms. The van der Waals surface area contributed by atoms with Gasteiger partial charge in [0.2, 0.25) is 5.91 Å². The second-order valence-corrected chi connectivity index (χ2v) is 6.50. The number of nitrogens with one attached hydrogen (secondary N) is 2. The number of carbonyl (C=O) groups excluding carboxylic acids is 2. The van der Waals surface area contributed by atoms with Crippen molar-refractivity contribution in [2.45, 2.75) is 6.42 Å². The molecule has 0 unspecified atom stereocenters. The molecule has 0 spiro atoms. The highest BCUT2D eigenvalue weighted by Gasteiger charge is 2.18. The Balaban J connectivity index is 1.94. The molecule has 0 atom stereocenters. The molecular formula is C20H21N5O3. The summed E-state index contributed by atoms with van der Waals surface area (Å²) in [7, 11) is 3.71. The number of fused-ring (bicyclic) bond motifs is 1. The highest BCUT2D eigenvalue weighted by Crippen LogP contribution is 2.15. The Morgan fingerprint density at radius 1 is 0.964 bits per heavy atom. The highest BCUT2D eigenvalue weighted by molar-refractivity contribution is 6.05. The molecule has 0 saturated heterocycles. The Labute approximate surface area is 161 Å². The SMILES string of the molecule is CN(C)CCC(=O)NNC(=O)c1nn(-c2ccccc2)c(=O)c2ccccc12. The predicted molar refractivity (Wildman–Crippen MR) is 106 cm³/mol. The van der Waals surface area contributed by atoms with Crippen molar-refractivity contribution in [3.05, 3.63) is 70.6 Å². The summed E-state index contributed by atoms with van der Waals surface area (Å²) in [5, 5.41) is 5.04. The van der Waals surface area contributed by atoms with E-state index in [1.165, 1.54) is 4.68 Å². The van der Waals surface area contributed by atoms with E-state index in [0.29, 0.717) is 23.0 Å². The summed E-state index contributed by atoms with van der Waals surface area (Å²) < 4.78 is 1.19. The number of para-hydroxylation sites is 1. The Hall–Kier alpha value is -3.52. The predicted octanol–water partition coefficient (Wildman–Crippen LogP) is 1.10. The van der Waals surface area contributed by atoms with E-state index >= 15 is 0 Å². The number of aromatic nitrogens is 2. The summed E-state index contributed by atoms with van der Waals surface area (Å²) in [6.07, 6.45) is 0.241. The van der Waals surface area contributed by atoms with Crippen LogP contribution in [0.15, 0.2) is 59.4 Å². The molecule has 2 N–H and O–H groups in total. The third kappa shape index (κ3) is 4.24. The van der Waals surface area contributed by atoms with Gasteiger partial charge in [0.1, 0.15) is 0 Å². The van der Waals surface area contributed by atoms with Crippen molar-refractivity contribution >= 4 is 22.6 Å². The Bertz CT molecular complexity index is 1060. The van der Waals surface area contributed by atoms with Crippen LogP contribution < -0.4 is 16.4 Å². The number of hydrazine groups is 1. The number of carbonyl (C=O) groups is 2. The molecule has 0 fully saturated rings. The zero-order valence-electron chi connectivity index (χ0n) is 15.7. The Morgan fingerprint density at radius 2 is 1.61 bits per heavy atom. The van der Waals surface area contributed by atoms with Gasteiger partial charge in [0.15, 0.2) is 5.69 Å². The molecule has 3 aromatic rings. The minimum atomic E-state index is -0.598. The number of hydrogen-bond acceptors (Lipinski definition) is 5. The van der Waals surface area contributed by atoms with Crippen molar-refractivity contribution < 1.29 is 9.59 Å². The van der Waals surface area contributed by atoms with Gasteiger partial charge in [-0.15, -0.1) is 0 Å². The second kappa shape index (κ2) is 8.45. The zero-order chi connectivity index (χ0) is 20.1. The van der Waals surface area contributed by atoms with E-state index in [1.807, 2.05) is 25.1 Å². The smallest absolute Gasteiger partial charge is 0.290 e. The molecule has 0 aliphatic rings. The third-order valence-electron chi connectivity index (χ3n) is 4.12. The monoisotopic (exact) mass is 379 g/mol. The van der Waals surface area contributed by atoms with Gasteiger partial charge in [0.25, 0.3) is 11.5 Å². The van der Waals surface area contributed by atoms with Crippen molar-refractivity contribution in [1.82, 2.24) is 25.5 Å². The summed E-state index contributed by atoms with van der Waals surface area (Å²) in [4.78, 5) is 39.2. The number of nitrogens with zero attached hydrogens (tertiary/aromatic N) is 3. The molecule has 0 saturated carbocycles. The molecule has 1 aromatic heterocycles. The summed E-state index contributed by atoms with van der Waals surface area (Å²) in [6, 6.07) is 15.6. The summed E-state index contributed by atoms with van der Waals surface area (Å²) in [5.74, 6) is -0.915. The molecule has 2 aromatic carbocycles. The molecule has 1 heterocycles. The van der Waals surface area contributed by atoms with Crippen LogP contribution in [0.4, 0.5) is 0 Å². The van der Waals surface area contributed by atoms with Crippen LogP contribution in [0.1, 0.15) is 16.9 Å². The normalized spacial score (nSPS) is 10.8. The largest absolute Gasteiger partial charge is 0.309 e. The van der Waals surface area contributed by atoms with Gasteiger partial charge in [-0.2, -0.15) is 9.78 Å². The average molecular weight is 379 g/mol. The molecule has 28 heavy (non-hydrogen) atoms. The number of amides is 2. The molecular weight excluding hydrogens is 358 g/mol. The fourth-order valence-electron chi connectivity index (χ4n) is 2.67. The topological polar surface area (TPSA) is 96.3 Å². The quantitative estimate of drug-likeness (QED) is 0.647. The van der Waals surface area contributed by atoms with Gasteiger partial charge >= 0.3 is 0 Å². The first-order chi connectivity index (χ1) is 13.5. The maximum Gasteiger partial charge on any atom is 0.290 e. The van der Waals surface area contributed by atoms with Crippen LogP contribution in [0.3, 0.4) is 0 Å². The van der Waals surface area contributed by atoms with Gasteiger partial charge in [-0.05, 0) is 32.3 Å². The summed E-state index contributed by atoms with van der Waals surface area (Å²) in [5.41, 5.74) is 5.03. The van der Waals surface area contributed by atoms with Crippen LogP contribution in [0.5, 0.6) is 0 Å². The van der Waals surface area contributed by atoms with Gasteiger partial charge in [-0.3, -0.25) is 25.2 Å². The van der Waals surface area contributed by atoms with Crippen molar-refractivity contribution in [3.63, 3.8) is 0 Å². The fraction of sp³-hybridized carbons (Fsp3) is 0.200. The van der Waals surface area contributed by atoms with Gasteiger partial charge < -0.3 is 4.90 Å². The molecule has 0 aliphatic carbocycles. The third-order valence-corrected chi connectivity index (χ3v) is 4.12. The van der Waals surface area contributed by atoms with Crippen molar-refractivity contribution in [1.29, 1.82) is 0 Å². The van der Waals surface area contributed by atoms with Crippen LogP contribution in [0, 0.1) is 0 Å². The Kier molecular flexibility index (Phi) is 5.81. The number of hydrogen-bond donors (Lipinski definition) is 2. The van der Waals surface area contributed by atoms with Crippen LogP contribution in [0.25, 0.3) is 16.5 Å². The minimum Gasteiger partial charge on any atom is -0.309 e. The molecule has 2 amide bonds.